The van der Waals surface area contributed by atoms with Crippen LogP contribution in [0.4, 0.5) is 0 Å². The zero-order chi connectivity index (χ0) is 14.7. The molecule has 0 atom stereocenters. The molecule has 0 saturated carbocycles. The Morgan fingerprint density at radius 2 is 2.00 bits per heavy atom. The summed E-state index contributed by atoms with van der Waals surface area (Å²) in [5, 5.41) is 0.755. The van der Waals surface area contributed by atoms with E-state index in [4.69, 9.17) is 27.9 Å². The van der Waals surface area contributed by atoms with Crippen LogP contribution in [0.25, 0.3) is 0 Å². The van der Waals surface area contributed by atoms with E-state index < -0.39 is 0 Å². The number of aromatic nitrogens is 2. The average molecular weight is 311 g/mol. The fourth-order valence-corrected chi connectivity index (χ4v) is 2.40. The maximum absolute atomic E-state index is 6.25. The van der Waals surface area contributed by atoms with E-state index in [1.54, 1.807) is 12.4 Å². The molecule has 1 heterocycles. The highest BCUT2D eigenvalue weighted by Gasteiger charge is 2.11. The minimum atomic E-state index is 0.307. The molecular formula is C15H16Cl2N2O. The fourth-order valence-electron chi connectivity index (χ4n) is 1.83. The van der Waals surface area contributed by atoms with E-state index in [2.05, 4.69) is 23.8 Å². The number of alkyl halides is 1. The van der Waals surface area contributed by atoms with Gasteiger partial charge in [0, 0.05) is 11.2 Å². The molecule has 5 heteroatoms. The highest BCUT2D eigenvalue weighted by atomic mass is 35.5. The molecular weight excluding hydrogens is 295 g/mol. The van der Waals surface area contributed by atoms with Gasteiger partial charge < -0.3 is 4.74 Å². The van der Waals surface area contributed by atoms with E-state index in [1.165, 1.54) is 0 Å². The molecule has 0 radical (unpaired) electrons. The van der Waals surface area contributed by atoms with Crippen LogP contribution in [0, 0.1) is 6.92 Å². The number of hydrogen-bond acceptors (Lipinski definition) is 3. The second kappa shape index (κ2) is 6.42. The van der Waals surface area contributed by atoms with E-state index in [0.29, 0.717) is 23.4 Å². The van der Waals surface area contributed by atoms with Crippen molar-refractivity contribution < 1.29 is 4.74 Å². The molecule has 2 rings (SSSR count). The van der Waals surface area contributed by atoms with Crippen molar-refractivity contribution in [3.05, 3.63) is 46.4 Å². The van der Waals surface area contributed by atoms with Gasteiger partial charge in [-0.05, 0) is 36.1 Å². The molecule has 0 aliphatic carbocycles. The molecule has 1 aromatic heterocycles. The van der Waals surface area contributed by atoms with Gasteiger partial charge in [-0.25, -0.2) is 4.98 Å². The largest absolute Gasteiger partial charge is 0.437 e. The van der Waals surface area contributed by atoms with E-state index >= 15 is 0 Å². The molecule has 1 aromatic carbocycles. The normalized spacial score (nSPS) is 10.9. The van der Waals surface area contributed by atoms with Crippen LogP contribution in [0.3, 0.4) is 0 Å². The van der Waals surface area contributed by atoms with Crippen LogP contribution in [-0.4, -0.2) is 9.97 Å². The molecule has 0 saturated heterocycles. The van der Waals surface area contributed by atoms with Crippen LogP contribution in [0.15, 0.2) is 24.5 Å². The zero-order valence-corrected chi connectivity index (χ0v) is 13.2. The van der Waals surface area contributed by atoms with Crippen molar-refractivity contribution in [3.8, 4) is 11.6 Å². The Hall–Kier alpha value is -1.32. The Bertz CT molecular complexity index is 615. The van der Waals surface area contributed by atoms with Gasteiger partial charge in [0.1, 0.15) is 5.75 Å². The zero-order valence-electron chi connectivity index (χ0n) is 11.7. The Labute approximate surface area is 128 Å². The first-order chi connectivity index (χ1) is 9.51. The first-order valence-corrected chi connectivity index (χ1v) is 7.27. The number of nitrogens with zero attached hydrogens (tertiary/aromatic N) is 2. The number of benzene rings is 1. The van der Waals surface area contributed by atoms with Gasteiger partial charge >= 0.3 is 0 Å². The summed E-state index contributed by atoms with van der Waals surface area (Å²) in [5.41, 5.74) is 2.69. The summed E-state index contributed by atoms with van der Waals surface area (Å²) in [6.07, 6.45) is 3.19. The minimum Gasteiger partial charge on any atom is -0.437 e. The van der Waals surface area contributed by atoms with Gasteiger partial charge in [-0.3, -0.25) is 4.98 Å². The van der Waals surface area contributed by atoms with Crippen molar-refractivity contribution in [2.24, 2.45) is 0 Å². The highest BCUT2D eigenvalue weighted by molar-refractivity contribution is 6.31. The molecule has 106 valence electrons. The van der Waals surface area contributed by atoms with Crippen LogP contribution >= 0.6 is 23.2 Å². The second-order valence-electron chi connectivity index (χ2n) is 4.88. The van der Waals surface area contributed by atoms with E-state index in [9.17, 15) is 0 Å². The Morgan fingerprint density at radius 3 is 2.65 bits per heavy atom. The van der Waals surface area contributed by atoms with Gasteiger partial charge in [-0.15, -0.1) is 11.6 Å². The van der Waals surface area contributed by atoms with Crippen molar-refractivity contribution in [2.45, 2.75) is 32.6 Å². The Kier molecular flexibility index (Phi) is 4.84. The number of rotatable bonds is 4. The third-order valence-electron chi connectivity index (χ3n) is 2.93. The summed E-state index contributed by atoms with van der Waals surface area (Å²) in [7, 11) is 0. The van der Waals surface area contributed by atoms with Crippen molar-refractivity contribution in [1.82, 2.24) is 9.97 Å². The predicted molar refractivity (Wildman–Crippen MR) is 81.9 cm³/mol. The number of halogens is 2. The molecule has 0 aliphatic rings. The summed E-state index contributed by atoms with van der Waals surface area (Å²) in [6.45, 7) is 6.13. The fraction of sp³-hybridized carbons (Fsp3) is 0.333. The monoisotopic (exact) mass is 310 g/mol. The molecule has 3 nitrogen and oxygen atoms in total. The maximum Gasteiger partial charge on any atom is 0.238 e. The van der Waals surface area contributed by atoms with Crippen molar-refractivity contribution in [1.29, 1.82) is 0 Å². The van der Waals surface area contributed by atoms with Crippen molar-refractivity contribution in [3.63, 3.8) is 0 Å². The molecule has 2 aromatic rings. The SMILES string of the molecule is Cc1cc(Cl)c(C(C)C)cc1Oc1cncc(CCl)n1. The lowest BCUT2D eigenvalue weighted by molar-refractivity contribution is 0.454. The Morgan fingerprint density at radius 1 is 1.25 bits per heavy atom. The first-order valence-electron chi connectivity index (χ1n) is 6.36. The standard InChI is InChI=1S/C15H16Cl2N2O/c1-9(2)12-5-14(10(3)4-13(12)17)20-15-8-18-7-11(6-16)19-15/h4-5,7-9H,6H2,1-3H3. The quantitative estimate of drug-likeness (QED) is 0.737. The predicted octanol–water partition coefficient (Wildman–Crippen LogP) is 5.09. The molecule has 0 fully saturated rings. The third-order valence-corrected chi connectivity index (χ3v) is 3.53. The molecule has 0 N–H and O–H groups in total. The summed E-state index contributed by atoms with van der Waals surface area (Å²) >= 11 is 12.0. The molecule has 0 bridgehead atoms. The maximum atomic E-state index is 6.25. The molecule has 20 heavy (non-hydrogen) atoms. The smallest absolute Gasteiger partial charge is 0.238 e. The van der Waals surface area contributed by atoms with Gasteiger partial charge in [0.25, 0.3) is 0 Å². The highest BCUT2D eigenvalue weighted by Crippen LogP contribution is 2.33. The summed E-state index contributed by atoms with van der Waals surface area (Å²) in [6, 6.07) is 3.86. The lowest BCUT2D eigenvalue weighted by Gasteiger charge is -2.14. The minimum absolute atomic E-state index is 0.307. The second-order valence-corrected chi connectivity index (χ2v) is 5.55. The van der Waals surface area contributed by atoms with Crippen molar-refractivity contribution >= 4 is 23.2 Å². The van der Waals surface area contributed by atoms with Crippen LogP contribution in [0.5, 0.6) is 11.6 Å². The van der Waals surface area contributed by atoms with Gasteiger partial charge in [0.2, 0.25) is 5.88 Å². The van der Waals surface area contributed by atoms with E-state index in [1.807, 2.05) is 19.1 Å². The van der Waals surface area contributed by atoms with E-state index in [0.717, 1.165) is 21.9 Å². The Balaban J connectivity index is 2.35. The lowest BCUT2D eigenvalue weighted by atomic mass is 10.0. The van der Waals surface area contributed by atoms with Gasteiger partial charge in [-0.1, -0.05) is 25.4 Å². The molecule has 0 amide bonds. The summed E-state index contributed by atoms with van der Waals surface area (Å²) in [4.78, 5) is 8.33. The lowest BCUT2D eigenvalue weighted by Crippen LogP contribution is -1.97. The molecule has 0 unspecified atom stereocenters. The first kappa shape index (κ1) is 15.1. The van der Waals surface area contributed by atoms with Crippen LogP contribution in [0.2, 0.25) is 5.02 Å². The van der Waals surface area contributed by atoms with Crippen LogP contribution in [-0.2, 0) is 5.88 Å². The van der Waals surface area contributed by atoms with Gasteiger partial charge in [0.05, 0.1) is 17.8 Å². The van der Waals surface area contributed by atoms with Crippen molar-refractivity contribution in [2.75, 3.05) is 0 Å². The van der Waals surface area contributed by atoms with Crippen LogP contribution < -0.4 is 4.74 Å². The molecule has 0 spiro atoms. The molecule has 0 aliphatic heterocycles. The van der Waals surface area contributed by atoms with E-state index in [-0.39, 0.29) is 0 Å². The summed E-state index contributed by atoms with van der Waals surface area (Å²) in [5.74, 6) is 1.80. The summed E-state index contributed by atoms with van der Waals surface area (Å²) < 4.78 is 5.81. The number of aryl methyl sites for hydroxylation is 1. The van der Waals surface area contributed by atoms with Gasteiger partial charge in [-0.2, -0.15) is 0 Å². The van der Waals surface area contributed by atoms with Gasteiger partial charge in [0.15, 0.2) is 0 Å². The average Bonchev–Trinajstić information content (AvgIpc) is 2.41. The van der Waals surface area contributed by atoms with Crippen LogP contribution in [0.1, 0.15) is 36.6 Å². The number of ether oxygens (including phenoxy) is 1. The number of hydrogen-bond donors (Lipinski definition) is 0. The third kappa shape index (κ3) is 3.41. The topological polar surface area (TPSA) is 35.0 Å².